The van der Waals surface area contributed by atoms with Crippen LogP contribution in [-0.4, -0.2) is 19.7 Å². The van der Waals surface area contributed by atoms with Crippen LogP contribution in [-0.2, 0) is 0 Å². The number of rotatable bonds is 2. The highest BCUT2D eigenvalue weighted by atomic mass is 19.1. The molecule has 0 saturated carbocycles. The second kappa shape index (κ2) is 4.37. The van der Waals surface area contributed by atoms with Crippen LogP contribution in [0.5, 0.6) is 0 Å². The van der Waals surface area contributed by atoms with E-state index in [1.165, 1.54) is 17.1 Å². The van der Waals surface area contributed by atoms with E-state index < -0.39 is 5.95 Å². The van der Waals surface area contributed by atoms with E-state index in [0.29, 0.717) is 5.82 Å². The Hall–Kier alpha value is -2.56. The normalized spacial score (nSPS) is 10.5. The smallest absolute Gasteiger partial charge is 0.218 e. The van der Waals surface area contributed by atoms with Crippen LogP contribution in [0.15, 0.2) is 55.1 Å². The van der Waals surface area contributed by atoms with E-state index in [4.69, 9.17) is 0 Å². The molecule has 5 heteroatoms. The number of halogens is 1. The number of nitrogens with zero attached hydrogens (tertiary/aromatic N) is 4. The molecule has 1 aromatic carbocycles. The molecule has 0 spiro atoms. The quantitative estimate of drug-likeness (QED) is 0.646. The first-order valence-electron chi connectivity index (χ1n) is 5.41. The van der Waals surface area contributed by atoms with Crippen LogP contribution < -0.4 is 0 Å². The molecule has 0 N–H and O–H groups in total. The van der Waals surface area contributed by atoms with Crippen LogP contribution in [0.3, 0.4) is 0 Å². The molecule has 2 heterocycles. The lowest BCUT2D eigenvalue weighted by molar-refractivity contribution is 0.575. The van der Waals surface area contributed by atoms with Crippen molar-refractivity contribution in [1.29, 1.82) is 0 Å². The number of aromatic nitrogens is 4. The first-order chi connectivity index (χ1) is 8.83. The Morgan fingerprint density at radius 3 is 2.61 bits per heavy atom. The van der Waals surface area contributed by atoms with E-state index in [1.807, 2.05) is 30.3 Å². The van der Waals surface area contributed by atoms with Crippen LogP contribution in [0.25, 0.3) is 16.9 Å². The number of hydrogen-bond donors (Lipinski definition) is 0. The molecule has 0 atom stereocenters. The summed E-state index contributed by atoms with van der Waals surface area (Å²) in [6.07, 6.45) is 4.70. The third-order valence-corrected chi connectivity index (χ3v) is 2.54. The molecule has 3 rings (SSSR count). The fraction of sp³-hybridized carbons (Fsp3) is 0. The van der Waals surface area contributed by atoms with Crippen LogP contribution in [0, 0.1) is 5.95 Å². The minimum atomic E-state index is -0.572. The Bertz CT molecular complexity index is 664. The van der Waals surface area contributed by atoms with Gasteiger partial charge >= 0.3 is 0 Å². The van der Waals surface area contributed by atoms with Gasteiger partial charge in [-0.15, -0.1) is 0 Å². The maximum atomic E-state index is 13.0. The molecule has 0 fully saturated rings. The van der Waals surface area contributed by atoms with Gasteiger partial charge in [-0.25, -0.2) is 14.6 Å². The van der Waals surface area contributed by atoms with Crippen molar-refractivity contribution in [3.8, 4) is 16.9 Å². The zero-order valence-corrected chi connectivity index (χ0v) is 9.36. The van der Waals surface area contributed by atoms with Gasteiger partial charge < -0.3 is 0 Å². The van der Waals surface area contributed by atoms with Crippen molar-refractivity contribution in [1.82, 2.24) is 19.7 Å². The zero-order valence-electron chi connectivity index (χ0n) is 9.36. The second-order valence-corrected chi connectivity index (χ2v) is 3.74. The summed E-state index contributed by atoms with van der Waals surface area (Å²) >= 11 is 0. The van der Waals surface area contributed by atoms with Crippen molar-refractivity contribution in [2.24, 2.45) is 0 Å². The lowest BCUT2D eigenvalue weighted by Gasteiger charge is -1.98. The monoisotopic (exact) mass is 240 g/mol. The Morgan fingerprint density at radius 1 is 1.00 bits per heavy atom. The Morgan fingerprint density at radius 2 is 1.83 bits per heavy atom. The fourth-order valence-electron chi connectivity index (χ4n) is 1.68. The van der Waals surface area contributed by atoms with Gasteiger partial charge in [-0.2, -0.15) is 9.49 Å². The maximum Gasteiger partial charge on any atom is 0.218 e. The summed E-state index contributed by atoms with van der Waals surface area (Å²) in [4.78, 5) is 7.38. The Balaban J connectivity index is 2.00. The van der Waals surface area contributed by atoms with Gasteiger partial charge in [0.15, 0.2) is 5.82 Å². The lowest BCUT2D eigenvalue weighted by Crippen LogP contribution is -1.99. The van der Waals surface area contributed by atoms with E-state index in [-0.39, 0.29) is 0 Å². The summed E-state index contributed by atoms with van der Waals surface area (Å²) < 4.78 is 14.5. The molecule has 3 aromatic rings. The van der Waals surface area contributed by atoms with Gasteiger partial charge in [-0.05, 0) is 5.56 Å². The van der Waals surface area contributed by atoms with Crippen molar-refractivity contribution >= 4 is 0 Å². The fourth-order valence-corrected chi connectivity index (χ4v) is 1.68. The molecule has 0 unspecified atom stereocenters. The van der Waals surface area contributed by atoms with Crippen LogP contribution in [0.2, 0.25) is 0 Å². The molecule has 88 valence electrons. The first-order valence-corrected chi connectivity index (χ1v) is 5.41. The topological polar surface area (TPSA) is 43.6 Å². The highest BCUT2D eigenvalue weighted by Gasteiger charge is 2.04. The molecule has 18 heavy (non-hydrogen) atoms. The van der Waals surface area contributed by atoms with E-state index in [9.17, 15) is 4.39 Å². The highest BCUT2D eigenvalue weighted by molar-refractivity contribution is 5.61. The van der Waals surface area contributed by atoms with Gasteiger partial charge in [0.2, 0.25) is 5.95 Å². The van der Waals surface area contributed by atoms with Crippen LogP contribution >= 0.6 is 0 Å². The predicted molar refractivity (Wildman–Crippen MR) is 64.5 cm³/mol. The van der Waals surface area contributed by atoms with E-state index in [0.717, 1.165) is 11.1 Å². The van der Waals surface area contributed by atoms with Gasteiger partial charge in [0.1, 0.15) is 6.33 Å². The van der Waals surface area contributed by atoms with E-state index >= 15 is 0 Å². The van der Waals surface area contributed by atoms with Crippen molar-refractivity contribution in [3.63, 3.8) is 0 Å². The Labute approximate surface area is 103 Å². The van der Waals surface area contributed by atoms with E-state index in [1.54, 1.807) is 12.4 Å². The Kier molecular flexibility index (Phi) is 2.57. The van der Waals surface area contributed by atoms with Crippen molar-refractivity contribution in [2.75, 3.05) is 0 Å². The third kappa shape index (κ3) is 1.98. The molecule has 0 bridgehead atoms. The third-order valence-electron chi connectivity index (χ3n) is 2.54. The number of hydrogen-bond acceptors (Lipinski definition) is 3. The number of benzene rings is 1. The molecule has 0 aliphatic heterocycles. The summed E-state index contributed by atoms with van der Waals surface area (Å²) in [5.41, 5.74) is 2.01. The molecule has 4 nitrogen and oxygen atoms in total. The standard InChI is InChI=1S/C13H9FN4/c14-12-6-13(16-9-15-12)18-8-11(7-17-18)10-4-2-1-3-5-10/h1-9H. The average molecular weight is 240 g/mol. The van der Waals surface area contributed by atoms with Gasteiger partial charge in [0.05, 0.1) is 6.20 Å². The van der Waals surface area contributed by atoms with Crippen LogP contribution in [0.1, 0.15) is 0 Å². The molecule has 0 saturated heterocycles. The molecule has 0 radical (unpaired) electrons. The van der Waals surface area contributed by atoms with Crippen molar-refractivity contribution in [2.45, 2.75) is 0 Å². The second-order valence-electron chi connectivity index (χ2n) is 3.74. The summed E-state index contributed by atoms with van der Waals surface area (Å²) in [6.45, 7) is 0. The van der Waals surface area contributed by atoms with Crippen LogP contribution in [0.4, 0.5) is 4.39 Å². The minimum absolute atomic E-state index is 0.407. The predicted octanol–water partition coefficient (Wildman–Crippen LogP) is 2.47. The van der Waals surface area contributed by atoms with Gasteiger partial charge in [-0.1, -0.05) is 30.3 Å². The maximum absolute atomic E-state index is 13.0. The summed E-state index contributed by atoms with van der Waals surface area (Å²) in [5, 5.41) is 4.16. The van der Waals surface area contributed by atoms with Crippen molar-refractivity contribution < 1.29 is 4.39 Å². The van der Waals surface area contributed by atoms with Crippen molar-refractivity contribution in [3.05, 3.63) is 61.1 Å². The summed E-state index contributed by atoms with van der Waals surface area (Å²) in [6, 6.07) is 11.1. The first kappa shape index (κ1) is 10.6. The SMILES string of the molecule is Fc1cc(-n2cc(-c3ccccc3)cn2)ncn1. The zero-order chi connectivity index (χ0) is 12.4. The molecule has 2 aromatic heterocycles. The molecular formula is C13H9FN4. The highest BCUT2D eigenvalue weighted by Crippen LogP contribution is 2.18. The summed E-state index contributed by atoms with van der Waals surface area (Å²) in [7, 11) is 0. The molecule has 0 aliphatic rings. The largest absolute Gasteiger partial charge is 0.222 e. The average Bonchev–Trinajstić information content (AvgIpc) is 2.89. The van der Waals surface area contributed by atoms with Gasteiger partial charge in [0, 0.05) is 17.8 Å². The van der Waals surface area contributed by atoms with Gasteiger partial charge in [0.25, 0.3) is 0 Å². The lowest BCUT2D eigenvalue weighted by atomic mass is 10.1. The minimum Gasteiger partial charge on any atom is -0.222 e. The van der Waals surface area contributed by atoms with E-state index in [2.05, 4.69) is 15.1 Å². The molecule has 0 aliphatic carbocycles. The van der Waals surface area contributed by atoms with Gasteiger partial charge in [-0.3, -0.25) is 0 Å². The summed E-state index contributed by atoms with van der Waals surface area (Å²) in [5.74, 6) is -0.165. The molecular weight excluding hydrogens is 231 g/mol. The molecule has 0 amide bonds.